The van der Waals surface area contributed by atoms with Crippen molar-refractivity contribution < 1.29 is 18.7 Å². The molecule has 0 fully saturated rings. The highest BCUT2D eigenvalue weighted by Crippen LogP contribution is 2.31. The molecule has 0 unspecified atom stereocenters. The second kappa shape index (κ2) is 8.62. The summed E-state index contributed by atoms with van der Waals surface area (Å²) in [4.78, 5) is 15.7. The van der Waals surface area contributed by atoms with Crippen LogP contribution in [-0.4, -0.2) is 18.0 Å². The Kier molecular flexibility index (Phi) is 5.79. The van der Waals surface area contributed by atoms with E-state index in [1.165, 1.54) is 24.4 Å². The van der Waals surface area contributed by atoms with Crippen molar-refractivity contribution in [1.29, 1.82) is 0 Å². The number of nitrogens with one attached hydrogen (secondary N) is 1. The van der Waals surface area contributed by atoms with Gasteiger partial charge in [0.05, 0.1) is 13.3 Å². The lowest BCUT2D eigenvalue weighted by atomic mass is 10.2. The van der Waals surface area contributed by atoms with Crippen molar-refractivity contribution in [2.24, 2.45) is 0 Å². The van der Waals surface area contributed by atoms with Crippen molar-refractivity contribution in [1.82, 2.24) is 4.98 Å². The molecule has 0 aliphatic rings. The fourth-order valence-corrected chi connectivity index (χ4v) is 2.31. The van der Waals surface area contributed by atoms with Crippen LogP contribution < -0.4 is 14.8 Å². The van der Waals surface area contributed by atoms with Crippen molar-refractivity contribution in [3.63, 3.8) is 0 Å². The van der Waals surface area contributed by atoms with Crippen LogP contribution in [0, 0.1) is 5.82 Å². The smallest absolute Gasteiger partial charge is 0.248 e. The number of anilines is 1. The molecule has 5 nitrogen and oxygen atoms in total. The van der Waals surface area contributed by atoms with Gasteiger partial charge in [-0.25, -0.2) is 4.39 Å². The molecule has 2 aromatic carbocycles. The maximum Gasteiger partial charge on any atom is 0.248 e. The highest BCUT2D eigenvalue weighted by Gasteiger charge is 2.05. The average molecular weight is 364 g/mol. The van der Waals surface area contributed by atoms with Crippen LogP contribution in [0.5, 0.6) is 17.2 Å². The van der Waals surface area contributed by atoms with Gasteiger partial charge in [-0.2, -0.15) is 0 Å². The molecule has 1 N–H and O–H groups in total. The number of nitrogens with zero attached hydrogens (tertiary/aromatic N) is 1. The van der Waals surface area contributed by atoms with Gasteiger partial charge < -0.3 is 14.8 Å². The molecule has 6 heteroatoms. The SMILES string of the molecule is COc1ccccc1Oc1ccc(NC(=O)/C=C/c2cncc(F)c2)cc1. The highest BCUT2D eigenvalue weighted by atomic mass is 19.1. The van der Waals surface area contributed by atoms with E-state index >= 15 is 0 Å². The van der Waals surface area contributed by atoms with Crippen molar-refractivity contribution in [3.05, 3.63) is 84.4 Å². The molecule has 0 bridgehead atoms. The van der Waals surface area contributed by atoms with Gasteiger partial charge in [-0.05, 0) is 54.1 Å². The Morgan fingerprint density at radius 2 is 1.81 bits per heavy atom. The quantitative estimate of drug-likeness (QED) is 0.646. The number of carbonyl (C=O) groups is 1. The van der Waals surface area contributed by atoms with Crippen LogP contribution in [0.25, 0.3) is 6.08 Å². The van der Waals surface area contributed by atoms with E-state index < -0.39 is 5.82 Å². The van der Waals surface area contributed by atoms with Crippen molar-refractivity contribution >= 4 is 17.7 Å². The molecule has 27 heavy (non-hydrogen) atoms. The Bertz CT molecular complexity index is 956. The normalized spacial score (nSPS) is 10.6. The van der Waals surface area contributed by atoms with E-state index in [-0.39, 0.29) is 5.91 Å². The zero-order valence-corrected chi connectivity index (χ0v) is 14.6. The van der Waals surface area contributed by atoms with E-state index in [0.717, 1.165) is 6.20 Å². The van der Waals surface area contributed by atoms with Crippen LogP contribution >= 0.6 is 0 Å². The Morgan fingerprint density at radius 3 is 2.52 bits per heavy atom. The number of hydrogen-bond donors (Lipinski definition) is 1. The summed E-state index contributed by atoms with van der Waals surface area (Å²) in [5, 5.41) is 2.72. The van der Waals surface area contributed by atoms with Crippen molar-refractivity contribution in [2.75, 3.05) is 12.4 Å². The molecule has 0 saturated heterocycles. The second-order valence-electron chi connectivity index (χ2n) is 5.54. The summed E-state index contributed by atoms with van der Waals surface area (Å²) in [5.41, 5.74) is 1.11. The fraction of sp³-hybridized carbons (Fsp3) is 0.0476. The molecule has 3 rings (SSSR count). The van der Waals surface area contributed by atoms with Gasteiger partial charge in [0.1, 0.15) is 11.6 Å². The first-order valence-electron chi connectivity index (χ1n) is 8.14. The standard InChI is InChI=1S/C21H17FN2O3/c1-26-19-4-2-3-5-20(19)27-18-9-7-17(8-10-18)24-21(25)11-6-15-12-16(22)14-23-13-15/h2-14H,1H3,(H,24,25)/b11-6+. The molecule has 3 aromatic rings. The first kappa shape index (κ1) is 18.1. The first-order valence-corrected chi connectivity index (χ1v) is 8.14. The topological polar surface area (TPSA) is 60.5 Å². The summed E-state index contributed by atoms with van der Waals surface area (Å²) in [5.74, 6) is 1.05. The van der Waals surface area contributed by atoms with E-state index in [4.69, 9.17) is 9.47 Å². The molecule has 1 heterocycles. The molecule has 0 aliphatic heterocycles. The van der Waals surface area contributed by atoms with Gasteiger partial charge in [0, 0.05) is 18.0 Å². The minimum atomic E-state index is -0.455. The molecule has 0 atom stereocenters. The second-order valence-corrected chi connectivity index (χ2v) is 5.54. The average Bonchev–Trinajstić information content (AvgIpc) is 2.68. The van der Waals surface area contributed by atoms with Gasteiger partial charge in [0.15, 0.2) is 11.5 Å². The number of methoxy groups -OCH3 is 1. The van der Waals surface area contributed by atoms with Crippen LogP contribution in [-0.2, 0) is 4.79 Å². The first-order chi connectivity index (χ1) is 13.1. The van der Waals surface area contributed by atoms with Crippen LogP contribution in [0.15, 0.2) is 73.1 Å². The summed E-state index contributed by atoms with van der Waals surface area (Å²) in [7, 11) is 1.58. The predicted molar refractivity (Wildman–Crippen MR) is 101 cm³/mol. The van der Waals surface area contributed by atoms with Crippen molar-refractivity contribution in [3.8, 4) is 17.2 Å². The van der Waals surface area contributed by atoms with Gasteiger partial charge in [-0.3, -0.25) is 9.78 Å². The van der Waals surface area contributed by atoms with Crippen LogP contribution in [0.4, 0.5) is 10.1 Å². The van der Waals surface area contributed by atoms with E-state index in [2.05, 4.69) is 10.3 Å². The van der Waals surface area contributed by atoms with Crippen molar-refractivity contribution in [2.45, 2.75) is 0 Å². The summed E-state index contributed by atoms with van der Waals surface area (Å²) in [6.45, 7) is 0. The monoisotopic (exact) mass is 364 g/mol. The largest absolute Gasteiger partial charge is 0.493 e. The predicted octanol–water partition coefficient (Wildman–Crippen LogP) is 4.67. The lowest BCUT2D eigenvalue weighted by molar-refractivity contribution is -0.111. The third-order valence-electron chi connectivity index (χ3n) is 3.57. The maximum absolute atomic E-state index is 13.1. The third kappa shape index (κ3) is 5.15. The Labute approximate surface area is 156 Å². The van der Waals surface area contributed by atoms with Crippen LogP contribution in [0.2, 0.25) is 0 Å². The number of amides is 1. The van der Waals surface area contributed by atoms with E-state index in [1.807, 2.05) is 18.2 Å². The number of para-hydroxylation sites is 2. The van der Waals surface area contributed by atoms with E-state index in [9.17, 15) is 9.18 Å². The zero-order valence-electron chi connectivity index (χ0n) is 14.6. The van der Waals surface area contributed by atoms with Crippen LogP contribution in [0.3, 0.4) is 0 Å². The lowest BCUT2D eigenvalue weighted by Gasteiger charge is -2.10. The Morgan fingerprint density at radius 1 is 1.07 bits per heavy atom. The number of carbonyl (C=O) groups excluding carboxylic acids is 1. The zero-order chi connectivity index (χ0) is 19.1. The number of aromatic nitrogens is 1. The number of ether oxygens (including phenoxy) is 2. The Balaban J connectivity index is 1.61. The molecule has 1 amide bonds. The third-order valence-corrected chi connectivity index (χ3v) is 3.57. The van der Waals surface area contributed by atoms with E-state index in [1.54, 1.807) is 37.4 Å². The molecule has 0 aliphatic carbocycles. The molecule has 0 saturated carbocycles. The minimum absolute atomic E-state index is 0.336. The van der Waals surface area contributed by atoms with Gasteiger partial charge in [0.2, 0.25) is 5.91 Å². The Hall–Kier alpha value is -3.67. The minimum Gasteiger partial charge on any atom is -0.493 e. The number of halogens is 1. The molecular formula is C21H17FN2O3. The van der Waals surface area contributed by atoms with Gasteiger partial charge in [-0.1, -0.05) is 12.1 Å². The van der Waals surface area contributed by atoms with Gasteiger partial charge in [-0.15, -0.1) is 0 Å². The van der Waals surface area contributed by atoms with Crippen LogP contribution in [0.1, 0.15) is 5.56 Å². The fourth-order valence-electron chi connectivity index (χ4n) is 2.31. The molecule has 1 aromatic heterocycles. The summed E-state index contributed by atoms with van der Waals surface area (Å²) in [6.07, 6.45) is 5.38. The molecular weight excluding hydrogens is 347 g/mol. The highest BCUT2D eigenvalue weighted by molar-refractivity contribution is 6.01. The molecule has 136 valence electrons. The lowest BCUT2D eigenvalue weighted by Crippen LogP contribution is -2.07. The summed E-state index contributed by atoms with van der Waals surface area (Å²) < 4.78 is 24.1. The maximum atomic E-state index is 13.1. The summed E-state index contributed by atoms with van der Waals surface area (Å²) in [6, 6.07) is 15.5. The number of benzene rings is 2. The molecule has 0 radical (unpaired) electrons. The van der Waals surface area contributed by atoms with Gasteiger partial charge in [0.25, 0.3) is 0 Å². The number of pyridine rings is 1. The van der Waals surface area contributed by atoms with Gasteiger partial charge >= 0.3 is 0 Å². The summed E-state index contributed by atoms with van der Waals surface area (Å²) >= 11 is 0. The number of rotatable bonds is 6. The molecule has 0 spiro atoms. The van der Waals surface area contributed by atoms with E-state index in [0.29, 0.717) is 28.5 Å². The number of hydrogen-bond acceptors (Lipinski definition) is 4.